The molecule has 1 amide bonds. The third-order valence-electron chi connectivity index (χ3n) is 3.39. The number of aryl methyl sites for hydroxylation is 1. The topological polar surface area (TPSA) is 85.2 Å². The van der Waals surface area contributed by atoms with Crippen LogP contribution in [0.3, 0.4) is 0 Å². The van der Waals surface area contributed by atoms with Gasteiger partial charge in [0.15, 0.2) is 0 Å². The van der Waals surface area contributed by atoms with Crippen molar-refractivity contribution in [2.45, 2.75) is 19.8 Å². The van der Waals surface area contributed by atoms with Crippen LogP contribution in [-0.2, 0) is 16.6 Å². The molecule has 7 heteroatoms. The van der Waals surface area contributed by atoms with Gasteiger partial charge in [-0.25, -0.2) is 4.79 Å². The van der Waals surface area contributed by atoms with Crippen molar-refractivity contribution in [3.63, 3.8) is 0 Å². The van der Waals surface area contributed by atoms with Gasteiger partial charge in [-0.2, -0.15) is 5.10 Å². The Morgan fingerprint density at radius 3 is 2.85 bits per heavy atom. The Morgan fingerprint density at radius 1 is 1.50 bits per heavy atom. The zero-order valence-corrected chi connectivity index (χ0v) is 11.8. The number of hydrogen-bond donors (Lipinski definition) is 2. The van der Waals surface area contributed by atoms with E-state index >= 15 is 0 Å². The van der Waals surface area contributed by atoms with Crippen LogP contribution in [0.25, 0.3) is 0 Å². The maximum atomic E-state index is 12.2. The number of anilines is 1. The molecule has 2 heterocycles. The average Bonchev–Trinajstić information content (AvgIpc) is 2.81. The number of carbonyl (C=O) groups excluding carboxylic acids is 2. The smallest absolute Gasteiger partial charge is 0.343 e. The van der Waals surface area contributed by atoms with Crippen LogP contribution >= 0.6 is 0 Å². The molecule has 1 aromatic rings. The quantitative estimate of drug-likeness (QED) is 0.786. The fourth-order valence-electron chi connectivity index (χ4n) is 2.25. The third kappa shape index (κ3) is 3.16. The molecule has 2 rings (SSSR count). The summed E-state index contributed by atoms with van der Waals surface area (Å²) in [5, 5.41) is 10.0. The molecule has 0 spiro atoms. The second-order valence-electron chi connectivity index (χ2n) is 4.76. The Morgan fingerprint density at radius 2 is 2.20 bits per heavy atom. The Bertz CT molecular complexity index is 492. The van der Waals surface area contributed by atoms with Crippen LogP contribution in [0.4, 0.5) is 5.82 Å². The Labute approximate surface area is 117 Å². The molecular weight excluding hydrogens is 260 g/mol. The minimum absolute atomic E-state index is 0.0267. The van der Waals surface area contributed by atoms with Crippen molar-refractivity contribution in [1.29, 1.82) is 0 Å². The minimum Gasteiger partial charge on any atom is -0.462 e. The molecule has 1 fully saturated rings. The summed E-state index contributed by atoms with van der Waals surface area (Å²) < 4.78 is 6.43. The summed E-state index contributed by atoms with van der Waals surface area (Å²) in [4.78, 5) is 24.0. The molecule has 1 saturated heterocycles. The Balaban J connectivity index is 2.10. The summed E-state index contributed by atoms with van der Waals surface area (Å²) in [6.45, 7) is 3.71. The summed E-state index contributed by atoms with van der Waals surface area (Å²) in [7, 11) is 1.68. The van der Waals surface area contributed by atoms with Crippen LogP contribution in [0.1, 0.15) is 30.1 Å². The van der Waals surface area contributed by atoms with E-state index in [0.717, 1.165) is 25.9 Å². The first-order valence-corrected chi connectivity index (χ1v) is 6.84. The highest BCUT2D eigenvalue weighted by atomic mass is 16.5. The number of ether oxygens (including phenoxy) is 1. The van der Waals surface area contributed by atoms with Crippen LogP contribution < -0.4 is 10.6 Å². The Hall–Kier alpha value is -1.89. The number of piperidine rings is 1. The van der Waals surface area contributed by atoms with E-state index in [2.05, 4.69) is 15.7 Å². The normalized spacial score (nSPS) is 15.9. The molecule has 0 aromatic carbocycles. The van der Waals surface area contributed by atoms with Gasteiger partial charge in [-0.05, 0) is 32.9 Å². The van der Waals surface area contributed by atoms with Crippen molar-refractivity contribution in [3.05, 3.63) is 11.8 Å². The predicted octanol–water partition coefficient (Wildman–Crippen LogP) is 0.535. The van der Waals surface area contributed by atoms with Gasteiger partial charge >= 0.3 is 5.97 Å². The van der Waals surface area contributed by atoms with Crippen LogP contribution in [0.15, 0.2) is 6.20 Å². The second kappa shape index (κ2) is 6.51. The summed E-state index contributed by atoms with van der Waals surface area (Å²) in [6.07, 6.45) is 3.02. The van der Waals surface area contributed by atoms with Crippen molar-refractivity contribution in [1.82, 2.24) is 15.1 Å². The summed E-state index contributed by atoms with van der Waals surface area (Å²) >= 11 is 0. The highest BCUT2D eigenvalue weighted by Crippen LogP contribution is 2.19. The molecule has 1 aromatic heterocycles. The van der Waals surface area contributed by atoms with Crippen molar-refractivity contribution >= 4 is 17.7 Å². The molecular formula is C13H20N4O3. The van der Waals surface area contributed by atoms with Gasteiger partial charge in [-0.1, -0.05) is 0 Å². The van der Waals surface area contributed by atoms with Crippen molar-refractivity contribution in [3.8, 4) is 0 Å². The van der Waals surface area contributed by atoms with E-state index in [1.54, 1.807) is 14.0 Å². The zero-order valence-electron chi connectivity index (χ0n) is 11.8. The standard InChI is InChI=1S/C13H20N4O3/c1-3-20-13(19)10-8-15-17(2)11(10)16-12(18)9-4-6-14-7-5-9/h8-9,14H,3-7H2,1-2H3,(H,16,18). The van der Waals surface area contributed by atoms with E-state index in [4.69, 9.17) is 4.74 Å². The molecule has 0 saturated carbocycles. The molecule has 1 aliphatic heterocycles. The van der Waals surface area contributed by atoms with Gasteiger partial charge in [-0.15, -0.1) is 0 Å². The van der Waals surface area contributed by atoms with Crippen molar-refractivity contribution in [2.24, 2.45) is 13.0 Å². The second-order valence-corrected chi connectivity index (χ2v) is 4.76. The fraction of sp³-hybridized carbons (Fsp3) is 0.615. The third-order valence-corrected chi connectivity index (χ3v) is 3.39. The van der Waals surface area contributed by atoms with E-state index < -0.39 is 5.97 Å². The van der Waals surface area contributed by atoms with Crippen molar-refractivity contribution in [2.75, 3.05) is 25.0 Å². The molecule has 110 valence electrons. The molecule has 2 N–H and O–H groups in total. The van der Waals surface area contributed by atoms with Crippen molar-refractivity contribution < 1.29 is 14.3 Å². The lowest BCUT2D eigenvalue weighted by Gasteiger charge is -2.21. The van der Waals surface area contributed by atoms with Gasteiger partial charge in [-0.3, -0.25) is 9.48 Å². The number of carbonyl (C=O) groups is 2. The number of amides is 1. The van der Waals surface area contributed by atoms with Gasteiger partial charge in [0.1, 0.15) is 11.4 Å². The van der Waals surface area contributed by atoms with Crippen LogP contribution in [-0.4, -0.2) is 41.4 Å². The van der Waals surface area contributed by atoms with E-state index in [1.165, 1.54) is 10.9 Å². The largest absolute Gasteiger partial charge is 0.462 e. The summed E-state index contributed by atoms with van der Waals surface area (Å²) in [5.41, 5.74) is 0.289. The first-order valence-electron chi connectivity index (χ1n) is 6.84. The van der Waals surface area contributed by atoms with Gasteiger partial charge in [0.25, 0.3) is 0 Å². The lowest BCUT2D eigenvalue weighted by Crippen LogP contribution is -2.35. The highest BCUT2D eigenvalue weighted by Gasteiger charge is 2.24. The molecule has 7 nitrogen and oxygen atoms in total. The van der Waals surface area contributed by atoms with Crippen LogP contribution in [0.2, 0.25) is 0 Å². The molecule has 20 heavy (non-hydrogen) atoms. The molecule has 0 radical (unpaired) electrons. The van der Waals surface area contributed by atoms with E-state index in [1.807, 2.05) is 0 Å². The number of nitrogens with zero attached hydrogens (tertiary/aromatic N) is 2. The van der Waals surface area contributed by atoms with Crippen LogP contribution in [0, 0.1) is 5.92 Å². The molecule has 0 aliphatic carbocycles. The first kappa shape index (κ1) is 14.5. The molecule has 0 bridgehead atoms. The lowest BCUT2D eigenvalue weighted by molar-refractivity contribution is -0.120. The molecule has 0 unspecified atom stereocenters. The maximum absolute atomic E-state index is 12.2. The maximum Gasteiger partial charge on any atom is 0.343 e. The Kier molecular flexibility index (Phi) is 4.73. The zero-order chi connectivity index (χ0) is 14.5. The molecule has 0 atom stereocenters. The summed E-state index contributed by atoms with van der Waals surface area (Å²) in [6, 6.07) is 0. The SMILES string of the molecule is CCOC(=O)c1cnn(C)c1NC(=O)C1CCNCC1. The van der Waals surface area contributed by atoms with E-state index in [0.29, 0.717) is 5.82 Å². The number of esters is 1. The fourth-order valence-corrected chi connectivity index (χ4v) is 2.25. The first-order chi connectivity index (χ1) is 9.63. The van der Waals surface area contributed by atoms with Crippen LogP contribution in [0.5, 0.6) is 0 Å². The number of rotatable bonds is 4. The summed E-state index contributed by atoms with van der Waals surface area (Å²) in [5.74, 6) is -0.171. The van der Waals surface area contributed by atoms with E-state index in [9.17, 15) is 9.59 Å². The van der Waals surface area contributed by atoms with Gasteiger partial charge in [0, 0.05) is 13.0 Å². The van der Waals surface area contributed by atoms with E-state index in [-0.39, 0.29) is 24.0 Å². The average molecular weight is 280 g/mol. The number of nitrogens with one attached hydrogen (secondary N) is 2. The molecule has 1 aliphatic rings. The predicted molar refractivity (Wildman–Crippen MR) is 73.4 cm³/mol. The highest BCUT2D eigenvalue weighted by molar-refractivity contribution is 6.00. The number of aromatic nitrogens is 2. The number of hydrogen-bond acceptors (Lipinski definition) is 5. The van der Waals surface area contributed by atoms with Gasteiger partial charge in [0.2, 0.25) is 5.91 Å². The van der Waals surface area contributed by atoms with Gasteiger partial charge < -0.3 is 15.4 Å². The monoisotopic (exact) mass is 280 g/mol. The minimum atomic E-state index is -0.471. The van der Waals surface area contributed by atoms with Gasteiger partial charge in [0.05, 0.1) is 12.8 Å². The lowest BCUT2D eigenvalue weighted by atomic mass is 9.97.